The Morgan fingerprint density at radius 3 is 2.33 bits per heavy atom. The Morgan fingerprint density at radius 2 is 1.78 bits per heavy atom. The van der Waals surface area contributed by atoms with Crippen LogP contribution in [0.1, 0.15) is 64.9 Å². The van der Waals surface area contributed by atoms with Crippen LogP contribution in [0.5, 0.6) is 5.75 Å². The van der Waals surface area contributed by atoms with E-state index in [4.69, 9.17) is 4.74 Å². The topological polar surface area (TPSA) is 75.6 Å². The highest BCUT2D eigenvalue weighted by molar-refractivity contribution is 5.84. The molecule has 1 aliphatic rings. The molecule has 1 aromatic rings. The fraction of sp³-hybridized carbons (Fsp3) is 0.636. The number of hydrogen-bond acceptors (Lipinski definition) is 3. The van der Waals surface area contributed by atoms with Gasteiger partial charge in [-0.05, 0) is 41.9 Å². The summed E-state index contributed by atoms with van der Waals surface area (Å²) >= 11 is 0. The van der Waals surface area contributed by atoms with Crippen LogP contribution in [-0.4, -0.2) is 29.6 Å². The van der Waals surface area contributed by atoms with Crippen molar-refractivity contribution in [3.63, 3.8) is 0 Å². The van der Waals surface area contributed by atoms with Crippen LogP contribution in [0.3, 0.4) is 0 Å². The third-order valence-corrected chi connectivity index (χ3v) is 4.90. The van der Waals surface area contributed by atoms with Crippen molar-refractivity contribution in [3.8, 4) is 5.75 Å². The molecule has 1 fully saturated rings. The second kappa shape index (κ2) is 9.77. The molecule has 1 saturated carbocycles. The third-order valence-electron chi connectivity index (χ3n) is 4.90. The lowest BCUT2D eigenvalue weighted by Gasteiger charge is -2.22. The van der Waals surface area contributed by atoms with Gasteiger partial charge in [-0.15, -0.1) is 0 Å². The zero-order valence-corrected chi connectivity index (χ0v) is 16.8. The summed E-state index contributed by atoms with van der Waals surface area (Å²) in [6.45, 7) is 6.61. The van der Waals surface area contributed by atoms with E-state index in [1.807, 2.05) is 45.0 Å². The summed E-state index contributed by atoms with van der Waals surface area (Å²) in [6.07, 6.45) is 6.97. The average Bonchev–Trinajstić information content (AvgIpc) is 2.60. The zero-order chi connectivity index (χ0) is 19.9. The SMILES string of the molecule is CC(C)(C)CC(=O)N[C@@H](Cc1ccc(OCC2CCCCC2)cc1)C(=O)O. The molecular formula is C22H33NO4. The molecule has 0 heterocycles. The van der Waals surface area contributed by atoms with Crippen molar-refractivity contribution < 1.29 is 19.4 Å². The average molecular weight is 376 g/mol. The summed E-state index contributed by atoms with van der Waals surface area (Å²) < 4.78 is 5.89. The number of carbonyl (C=O) groups excluding carboxylic acids is 1. The quantitative estimate of drug-likeness (QED) is 0.714. The van der Waals surface area contributed by atoms with Crippen molar-refractivity contribution in [2.24, 2.45) is 11.3 Å². The van der Waals surface area contributed by atoms with E-state index in [0.717, 1.165) is 17.9 Å². The number of carboxylic acids is 1. The maximum absolute atomic E-state index is 12.1. The second-order valence-electron chi connectivity index (χ2n) is 8.86. The molecule has 150 valence electrons. The summed E-state index contributed by atoms with van der Waals surface area (Å²) in [5.41, 5.74) is 0.688. The number of aliphatic carboxylic acids is 1. The number of carbonyl (C=O) groups is 2. The molecule has 1 aromatic carbocycles. The minimum atomic E-state index is -1.02. The lowest BCUT2D eigenvalue weighted by Crippen LogP contribution is -2.43. The van der Waals surface area contributed by atoms with Crippen LogP contribution in [0.15, 0.2) is 24.3 Å². The minimum Gasteiger partial charge on any atom is -0.493 e. The lowest BCUT2D eigenvalue weighted by molar-refractivity contribution is -0.142. The van der Waals surface area contributed by atoms with Gasteiger partial charge in [-0.1, -0.05) is 52.2 Å². The van der Waals surface area contributed by atoms with Crippen LogP contribution in [0.4, 0.5) is 0 Å². The van der Waals surface area contributed by atoms with Crippen molar-refractivity contribution in [2.75, 3.05) is 6.61 Å². The molecule has 0 radical (unpaired) electrons. The zero-order valence-electron chi connectivity index (χ0n) is 16.8. The van der Waals surface area contributed by atoms with E-state index >= 15 is 0 Å². The smallest absolute Gasteiger partial charge is 0.326 e. The van der Waals surface area contributed by atoms with E-state index in [9.17, 15) is 14.7 Å². The van der Waals surface area contributed by atoms with E-state index in [1.54, 1.807) is 0 Å². The molecule has 2 N–H and O–H groups in total. The summed E-state index contributed by atoms with van der Waals surface area (Å²) in [7, 11) is 0. The van der Waals surface area contributed by atoms with E-state index < -0.39 is 12.0 Å². The molecule has 0 saturated heterocycles. The van der Waals surface area contributed by atoms with Crippen LogP contribution >= 0.6 is 0 Å². The monoisotopic (exact) mass is 375 g/mol. The molecule has 1 atom stereocenters. The van der Waals surface area contributed by atoms with Gasteiger partial charge in [0.05, 0.1) is 6.61 Å². The van der Waals surface area contributed by atoms with Gasteiger partial charge >= 0.3 is 5.97 Å². The van der Waals surface area contributed by atoms with Crippen LogP contribution in [0.2, 0.25) is 0 Å². The van der Waals surface area contributed by atoms with Gasteiger partial charge in [-0.2, -0.15) is 0 Å². The first-order valence-electron chi connectivity index (χ1n) is 9.97. The van der Waals surface area contributed by atoms with Gasteiger partial charge in [0.1, 0.15) is 11.8 Å². The first-order valence-corrected chi connectivity index (χ1v) is 9.97. The van der Waals surface area contributed by atoms with Crippen LogP contribution in [0, 0.1) is 11.3 Å². The molecular weight excluding hydrogens is 342 g/mol. The molecule has 5 nitrogen and oxygen atoms in total. The first-order chi connectivity index (χ1) is 12.7. The highest BCUT2D eigenvalue weighted by Crippen LogP contribution is 2.25. The van der Waals surface area contributed by atoms with Crippen molar-refractivity contribution >= 4 is 11.9 Å². The van der Waals surface area contributed by atoms with Crippen LogP contribution < -0.4 is 10.1 Å². The van der Waals surface area contributed by atoms with E-state index in [2.05, 4.69) is 5.32 Å². The van der Waals surface area contributed by atoms with Crippen LogP contribution in [0.25, 0.3) is 0 Å². The molecule has 0 bridgehead atoms. The lowest BCUT2D eigenvalue weighted by atomic mass is 9.90. The predicted octanol–water partition coefficient (Wildman–Crippen LogP) is 4.19. The molecule has 5 heteroatoms. The number of ether oxygens (including phenoxy) is 1. The molecule has 1 aliphatic carbocycles. The molecule has 0 aromatic heterocycles. The molecule has 2 rings (SSSR count). The van der Waals surface area contributed by atoms with Gasteiger partial charge in [0.25, 0.3) is 0 Å². The molecule has 0 spiro atoms. The largest absolute Gasteiger partial charge is 0.493 e. The van der Waals surface area contributed by atoms with Crippen molar-refractivity contribution in [1.82, 2.24) is 5.32 Å². The molecule has 0 aliphatic heterocycles. The fourth-order valence-corrected chi connectivity index (χ4v) is 3.45. The standard InChI is InChI=1S/C22H33NO4/c1-22(2,3)14-20(24)23-19(21(25)26)13-16-9-11-18(12-10-16)27-15-17-7-5-4-6-8-17/h9-12,17,19H,4-8,13-15H2,1-3H3,(H,23,24)(H,25,26)/t19-/m0/s1. The summed E-state index contributed by atoms with van der Waals surface area (Å²) in [4.78, 5) is 23.6. The second-order valence-corrected chi connectivity index (χ2v) is 8.86. The minimum absolute atomic E-state index is 0.176. The van der Waals surface area contributed by atoms with Gasteiger partial charge in [-0.25, -0.2) is 4.79 Å². The summed E-state index contributed by atoms with van der Waals surface area (Å²) in [6, 6.07) is 6.60. The molecule has 0 unspecified atom stereocenters. The van der Waals surface area contributed by atoms with E-state index in [1.165, 1.54) is 32.1 Å². The predicted molar refractivity (Wildman–Crippen MR) is 106 cm³/mol. The first kappa shape index (κ1) is 21.3. The van der Waals surface area contributed by atoms with Gasteiger partial charge in [0, 0.05) is 12.8 Å². The maximum atomic E-state index is 12.1. The van der Waals surface area contributed by atoms with Crippen LogP contribution in [-0.2, 0) is 16.0 Å². The number of benzene rings is 1. The maximum Gasteiger partial charge on any atom is 0.326 e. The Balaban J connectivity index is 1.86. The highest BCUT2D eigenvalue weighted by Gasteiger charge is 2.23. The Kier molecular flexibility index (Phi) is 7.69. The molecule has 27 heavy (non-hydrogen) atoms. The van der Waals surface area contributed by atoms with Gasteiger partial charge in [-0.3, -0.25) is 4.79 Å². The van der Waals surface area contributed by atoms with Gasteiger partial charge < -0.3 is 15.2 Å². The van der Waals surface area contributed by atoms with E-state index in [0.29, 0.717) is 12.3 Å². The third kappa shape index (κ3) is 8.02. The Hall–Kier alpha value is -2.04. The molecule has 1 amide bonds. The fourth-order valence-electron chi connectivity index (χ4n) is 3.45. The van der Waals surface area contributed by atoms with Crippen molar-refractivity contribution in [2.45, 2.75) is 71.8 Å². The van der Waals surface area contributed by atoms with E-state index in [-0.39, 0.29) is 17.7 Å². The Labute approximate surface area is 162 Å². The summed E-state index contributed by atoms with van der Waals surface area (Å²) in [5, 5.41) is 12.1. The van der Waals surface area contributed by atoms with Crippen molar-refractivity contribution in [1.29, 1.82) is 0 Å². The van der Waals surface area contributed by atoms with Crippen molar-refractivity contribution in [3.05, 3.63) is 29.8 Å². The number of nitrogens with one attached hydrogen (secondary N) is 1. The number of amides is 1. The van der Waals surface area contributed by atoms with Gasteiger partial charge in [0.2, 0.25) is 5.91 Å². The highest BCUT2D eigenvalue weighted by atomic mass is 16.5. The number of carboxylic acid groups (broad SMARTS) is 1. The Morgan fingerprint density at radius 1 is 1.15 bits per heavy atom. The summed E-state index contributed by atoms with van der Waals surface area (Å²) in [5.74, 6) is 0.207. The normalized spacial score (nSPS) is 16.6. The number of rotatable bonds is 8. The number of hydrogen-bond donors (Lipinski definition) is 2. The Bertz CT molecular complexity index is 612. The van der Waals surface area contributed by atoms with Gasteiger partial charge in [0.15, 0.2) is 0 Å².